The van der Waals surface area contributed by atoms with E-state index in [1.54, 1.807) is 24.0 Å². The zero-order valence-electron chi connectivity index (χ0n) is 15.3. The van der Waals surface area contributed by atoms with Crippen LogP contribution in [0.4, 0.5) is 0 Å². The van der Waals surface area contributed by atoms with Crippen LogP contribution in [0.2, 0.25) is 0 Å². The molecule has 0 N–H and O–H groups in total. The molecule has 0 aliphatic carbocycles. The van der Waals surface area contributed by atoms with Crippen LogP contribution >= 0.6 is 0 Å². The van der Waals surface area contributed by atoms with Crippen LogP contribution in [0.25, 0.3) is 0 Å². The highest BCUT2D eigenvalue weighted by molar-refractivity contribution is 5.98. The van der Waals surface area contributed by atoms with E-state index in [1.807, 2.05) is 30.0 Å². The number of piperazine rings is 1. The van der Waals surface area contributed by atoms with Gasteiger partial charge in [-0.25, -0.2) is 4.98 Å². The van der Waals surface area contributed by atoms with E-state index in [1.165, 1.54) is 18.9 Å². The lowest BCUT2D eigenvalue weighted by Gasteiger charge is -2.39. The minimum Gasteiger partial charge on any atom is -0.481 e. The van der Waals surface area contributed by atoms with Crippen molar-refractivity contribution < 1.29 is 14.3 Å². The molecule has 1 saturated heterocycles. The van der Waals surface area contributed by atoms with E-state index >= 15 is 0 Å². The summed E-state index contributed by atoms with van der Waals surface area (Å²) in [6.07, 6.45) is 1.53. The fourth-order valence-electron chi connectivity index (χ4n) is 3.22. The van der Waals surface area contributed by atoms with Crippen molar-refractivity contribution in [3.8, 4) is 5.88 Å². The van der Waals surface area contributed by atoms with Gasteiger partial charge in [0.15, 0.2) is 0 Å². The monoisotopic (exact) mass is 353 g/mol. The molecule has 2 amide bonds. The van der Waals surface area contributed by atoms with Crippen LogP contribution in [0, 0.1) is 6.92 Å². The largest absolute Gasteiger partial charge is 0.481 e. The molecule has 1 aromatic carbocycles. The maximum atomic E-state index is 12.8. The van der Waals surface area contributed by atoms with Crippen molar-refractivity contribution in [2.45, 2.75) is 26.4 Å². The highest BCUT2D eigenvalue weighted by atomic mass is 16.5. The minimum atomic E-state index is -0.500. The third kappa shape index (κ3) is 3.69. The Hall–Kier alpha value is -2.89. The van der Waals surface area contributed by atoms with Gasteiger partial charge < -0.3 is 14.5 Å². The molecule has 0 spiro atoms. The van der Waals surface area contributed by atoms with Gasteiger partial charge in [-0.3, -0.25) is 9.59 Å². The zero-order chi connectivity index (χ0) is 18.7. The standard InChI is InChI=1S/C20H23N3O3/c1-14-5-4-6-16(11-14)13-22-9-10-23(15(2)19(22)24)20(25)17-7-8-21-18(12-17)26-3/h4-8,11-12,15H,9-10,13H2,1-3H3/t15-/m0/s1. The number of aryl methyl sites for hydroxylation is 1. The van der Waals surface area contributed by atoms with Gasteiger partial charge in [0.1, 0.15) is 6.04 Å². The molecule has 136 valence electrons. The van der Waals surface area contributed by atoms with E-state index in [2.05, 4.69) is 11.1 Å². The maximum absolute atomic E-state index is 12.8. The maximum Gasteiger partial charge on any atom is 0.254 e. The quantitative estimate of drug-likeness (QED) is 0.846. The number of carbonyl (C=O) groups is 2. The molecule has 1 aliphatic rings. The molecule has 6 heteroatoms. The number of amides is 2. The summed E-state index contributed by atoms with van der Waals surface area (Å²) in [6, 6.07) is 10.9. The Morgan fingerprint density at radius 1 is 1.27 bits per heavy atom. The fraction of sp³-hybridized carbons (Fsp3) is 0.350. The third-order valence-electron chi connectivity index (χ3n) is 4.66. The van der Waals surface area contributed by atoms with Crippen LogP contribution in [0.3, 0.4) is 0 Å². The number of hydrogen-bond donors (Lipinski definition) is 0. The molecular formula is C20H23N3O3. The first-order valence-electron chi connectivity index (χ1n) is 8.65. The van der Waals surface area contributed by atoms with Crippen molar-refractivity contribution in [3.05, 3.63) is 59.3 Å². The summed E-state index contributed by atoms with van der Waals surface area (Å²) in [5, 5.41) is 0. The second kappa shape index (κ2) is 7.56. The Bertz CT molecular complexity index is 821. The number of ether oxygens (including phenoxy) is 1. The average molecular weight is 353 g/mol. The van der Waals surface area contributed by atoms with Crippen molar-refractivity contribution in [2.24, 2.45) is 0 Å². The second-order valence-corrected chi connectivity index (χ2v) is 6.51. The Morgan fingerprint density at radius 3 is 2.81 bits per heavy atom. The molecule has 0 bridgehead atoms. The lowest BCUT2D eigenvalue weighted by Crippen LogP contribution is -2.57. The molecule has 0 unspecified atom stereocenters. The zero-order valence-corrected chi connectivity index (χ0v) is 15.3. The van der Waals surface area contributed by atoms with Gasteiger partial charge in [0, 0.05) is 37.5 Å². The van der Waals surface area contributed by atoms with Crippen LogP contribution in [0.5, 0.6) is 5.88 Å². The van der Waals surface area contributed by atoms with E-state index in [4.69, 9.17) is 4.74 Å². The summed E-state index contributed by atoms with van der Waals surface area (Å²) in [6.45, 7) is 5.40. The highest BCUT2D eigenvalue weighted by Gasteiger charge is 2.34. The summed E-state index contributed by atoms with van der Waals surface area (Å²) in [5.74, 6) is 0.168. The molecule has 2 heterocycles. The molecule has 3 rings (SSSR count). The Labute approximate surface area is 153 Å². The first-order chi connectivity index (χ1) is 12.5. The van der Waals surface area contributed by atoms with Crippen LogP contribution in [0.1, 0.15) is 28.4 Å². The van der Waals surface area contributed by atoms with Gasteiger partial charge in [0.05, 0.1) is 7.11 Å². The molecule has 1 fully saturated rings. The fourth-order valence-corrected chi connectivity index (χ4v) is 3.22. The summed E-state index contributed by atoms with van der Waals surface area (Å²) in [4.78, 5) is 33.0. The number of carbonyl (C=O) groups excluding carboxylic acids is 2. The summed E-state index contributed by atoms with van der Waals surface area (Å²) in [7, 11) is 1.51. The Morgan fingerprint density at radius 2 is 2.08 bits per heavy atom. The predicted molar refractivity (Wildman–Crippen MR) is 97.9 cm³/mol. The molecule has 0 saturated carbocycles. The molecule has 26 heavy (non-hydrogen) atoms. The molecule has 0 radical (unpaired) electrons. The van der Waals surface area contributed by atoms with Gasteiger partial charge in [0.2, 0.25) is 11.8 Å². The Kier molecular flexibility index (Phi) is 5.21. The van der Waals surface area contributed by atoms with E-state index in [9.17, 15) is 9.59 Å². The van der Waals surface area contributed by atoms with E-state index < -0.39 is 6.04 Å². The van der Waals surface area contributed by atoms with Gasteiger partial charge in [0.25, 0.3) is 5.91 Å². The first kappa shape index (κ1) is 17.9. The Balaban J connectivity index is 1.71. The molecular weight excluding hydrogens is 330 g/mol. The minimum absolute atomic E-state index is 0.0351. The van der Waals surface area contributed by atoms with Gasteiger partial charge >= 0.3 is 0 Å². The van der Waals surface area contributed by atoms with Crippen LogP contribution in [0.15, 0.2) is 42.6 Å². The number of benzene rings is 1. The van der Waals surface area contributed by atoms with Gasteiger partial charge in [-0.05, 0) is 25.5 Å². The van der Waals surface area contributed by atoms with E-state index in [0.717, 1.165) is 5.56 Å². The number of methoxy groups -OCH3 is 1. The van der Waals surface area contributed by atoms with Crippen molar-refractivity contribution >= 4 is 11.8 Å². The van der Waals surface area contributed by atoms with Crippen molar-refractivity contribution in [1.82, 2.24) is 14.8 Å². The summed E-state index contributed by atoms with van der Waals surface area (Å²) < 4.78 is 5.08. The highest BCUT2D eigenvalue weighted by Crippen LogP contribution is 2.19. The number of hydrogen-bond acceptors (Lipinski definition) is 4. The molecule has 1 atom stereocenters. The number of rotatable bonds is 4. The average Bonchev–Trinajstić information content (AvgIpc) is 2.65. The topological polar surface area (TPSA) is 62.7 Å². The van der Waals surface area contributed by atoms with Gasteiger partial charge in [-0.15, -0.1) is 0 Å². The molecule has 2 aromatic rings. The molecule has 1 aliphatic heterocycles. The first-order valence-corrected chi connectivity index (χ1v) is 8.65. The lowest BCUT2D eigenvalue weighted by atomic mass is 10.1. The van der Waals surface area contributed by atoms with Gasteiger partial charge in [-0.1, -0.05) is 29.8 Å². The summed E-state index contributed by atoms with van der Waals surface area (Å²) >= 11 is 0. The van der Waals surface area contributed by atoms with Crippen molar-refractivity contribution in [3.63, 3.8) is 0 Å². The number of nitrogens with zero attached hydrogens (tertiary/aromatic N) is 3. The number of pyridine rings is 1. The van der Waals surface area contributed by atoms with E-state index in [0.29, 0.717) is 31.1 Å². The second-order valence-electron chi connectivity index (χ2n) is 6.51. The smallest absolute Gasteiger partial charge is 0.254 e. The van der Waals surface area contributed by atoms with Crippen LogP contribution in [-0.4, -0.2) is 52.8 Å². The van der Waals surface area contributed by atoms with Crippen LogP contribution in [-0.2, 0) is 11.3 Å². The number of aromatic nitrogens is 1. The third-order valence-corrected chi connectivity index (χ3v) is 4.66. The van der Waals surface area contributed by atoms with Gasteiger partial charge in [-0.2, -0.15) is 0 Å². The lowest BCUT2D eigenvalue weighted by molar-refractivity contribution is -0.140. The summed E-state index contributed by atoms with van der Waals surface area (Å²) in [5.41, 5.74) is 2.75. The van der Waals surface area contributed by atoms with Crippen molar-refractivity contribution in [2.75, 3.05) is 20.2 Å². The molecule has 6 nitrogen and oxygen atoms in total. The van der Waals surface area contributed by atoms with E-state index in [-0.39, 0.29) is 11.8 Å². The van der Waals surface area contributed by atoms with Crippen molar-refractivity contribution in [1.29, 1.82) is 0 Å². The normalized spacial score (nSPS) is 17.3. The van der Waals surface area contributed by atoms with Crippen LogP contribution < -0.4 is 4.74 Å². The predicted octanol–water partition coefficient (Wildman–Crippen LogP) is 2.27. The molecule has 1 aromatic heterocycles. The SMILES string of the molecule is COc1cc(C(=O)N2CCN(Cc3cccc(C)c3)C(=O)[C@@H]2C)ccn1.